The van der Waals surface area contributed by atoms with Gasteiger partial charge in [0.1, 0.15) is 22.1 Å². The van der Waals surface area contributed by atoms with E-state index in [1.807, 2.05) is 44.3 Å². The van der Waals surface area contributed by atoms with Crippen LogP contribution in [0.5, 0.6) is 11.5 Å². The largest absolute Gasteiger partial charge is 0.493 e. The number of pyridine rings is 1. The highest BCUT2D eigenvalue weighted by molar-refractivity contribution is 7.87. The van der Waals surface area contributed by atoms with Gasteiger partial charge < -0.3 is 14.2 Å². The van der Waals surface area contributed by atoms with E-state index in [4.69, 9.17) is 13.9 Å². The molecule has 1 N–H and O–H groups in total. The van der Waals surface area contributed by atoms with Crippen LogP contribution in [0.4, 0.5) is 5.82 Å². The lowest BCUT2D eigenvalue weighted by Gasteiger charge is -2.34. The van der Waals surface area contributed by atoms with Crippen LogP contribution in [0.25, 0.3) is 16.9 Å². The van der Waals surface area contributed by atoms with Gasteiger partial charge in [-0.2, -0.15) is 8.42 Å². The first-order valence-corrected chi connectivity index (χ1v) is 14.9. The lowest BCUT2D eigenvalue weighted by atomic mass is 9.82. The maximum Gasteiger partial charge on any atom is 0.339 e. The summed E-state index contributed by atoms with van der Waals surface area (Å²) in [6.07, 6.45) is 2.95. The molecule has 2 aromatic heterocycles. The molecule has 214 valence electrons. The molecule has 8 heteroatoms. The summed E-state index contributed by atoms with van der Waals surface area (Å²) in [7, 11) is -2.59. The van der Waals surface area contributed by atoms with Gasteiger partial charge in [0.15, 0.2) is 11.5 Å². The second kappa shape index (κ2) is 10.5. The van der Waals surface area contributed by atoms with Crippen molar-refractivity contribution in [2.24, 2.45) is 5.41 Å². The number of hydrogen-bond donors (Lipinski definition) is 1. The normalized spacial score (nSPS) is 12.6. The van der Waals surface area contributed by atoms with Crippen molar-refractivity contribution in [2.45, 2.75) is 79.2 Å². The molecule has 0 aliphatic rings. The zero-order chi connectivity index (χ0) is 29.6. The number of nitrogens with zero attached hydrogens (tertiary/aromatic N) is 2. The van der Waals surface area contributed by atoms with E-state index < -0.39 is 10.1 Å². The molecule has 0 amide bonds. The van der Waals surface area contributed by atoms with Gasteiger partial charge in [-0.1, -0.05) is 38.5 Å². The third-order valence-corrected chi connectivity index (χ3v) is 8.24. The molecule has 2 aromatic carbocycles. The summed E-state index contributed by atoms with van der Waals surface area (Å²) in [5, 5.41) is 3.75. The van der Waals surface area contributed by atoms with Gasteiger partial charge in [-0.15, -0.1) is 0 Å². The number of aryl methyl sites for hydroxylation is 4. The van der Waals surface area contributed by atoms with Crippen LogP contribution in [0.15, 0.2) is 53.6 Å². The van der Waals surface area contributed by atoms with Crippen LogP contribution in [-0.2, 0) is 10.1 Å². The Bertz CT molecular complexity index is 1660. The Morgan fingerprint density at radius 3 is 2.12 bits per heavy atom. The summed E-state index contributed by atoms with van der Waals surface area (Å²) < 4.78 is 40.0. The third kappa shape index (κ3) is 6.28. The number of imidazole rings is 1. The smallest absolute Gasteiger partial charge is 0.339 e. The van der Waals surface area contributed by atoms with E-state index in [0.29, 0.717) is 16.9 Å². The topological polar surface area (TPSA) is 81.9 Å². The third-order valence-electron chi connectivity index (χ3n) is 6.70. The Balaban J connectivity index is 1.79. The highest BCUT2D eigenvalue weighted by atomic mass is 32.2. The van der Waals surface area contributed by atoms with Crippen LogP contribution in [-0.4, -0.2) is 30.5 Å². The average molecular weight is 564 g/mol. The van der Waals surface area contributed by atoms with Gasteiger partial charge in [-0.25, -0.2) is 4.98 Å². The number of ether oxygens (including phenoxy) is 1. The number of methoxy groups -OCH3 is 1. The quantitative estimate of drug-likeness (QED) is 0.222. The van der Waals surface area contributed by atoms with Crippen molar-refractivity contribution in [3.63, 3.8) is 0 Å². The van der Waals surface area contributed by atoms with Crippen molar-refractivity contribution >= 4 is 21.6 Å². The SMILES string of the molecule is COc1cc(-c2nc3cc(C)ccn3c2NC(C)(C)CC(C)(C)C)ccc1OS(=O)(=O)c1c(C)cc(C)cc1C. The van der Waals surface area contributed by atoms with E-state index in [0.717, 1.165) is 40.3 Å². The number of nitrogens with one attached hydrogen (secondary N) is 1. The van der Waals surface area contributed by atoms with Gasteiger partial charge in [0, 0.05) is 17.3 Å². The fourth-order valence-corrected chi connectivity index (χ4v) is 7.13. The van der Waals surface area contributed by atoms with Gasteiger partial charge in [0.2, 0.25) is 0 Å². The molecule has 0 atom stereocenters. The van der Waals surface area contributed by atoms with Crippen LogP contribution in [0.2, 0.25) is 0 Å². The number of rotatable bonds is 8. The lowest BCUT2D eigenvalue weighted by molar-refractivity contribution is 0.302. The van der Waals surface area contributed by atoms with Gasteiger partial charge in [0.05, 0.1) is 7.11 Å². The molecule has 0 saturated carbocycles. The molecule has 0 aliphatic carbocycles. The molecule has 0 unspecified atom stereocenters. The molecular weight excluding hydrogens is 522 g/mol. The minimum absolute atomic E-state index is 0.118. The summed E-state index contributed by atoms with van der Waals surface area (Å²) in [4.78, 5) is 5.14. The van der Waals surface area contributed by atoms with Crippen molar-refractivity contribution in [3.05, 3.63) is 70.9 Å². The summed E-state index contributed by atoms with van der Waals surface area (Å²) in [6.45, 7) is 18.6. The monoisotopic (exact) mass is 563 g/mol. The minimum Gasteiger partial charge on any atom is -0.493 e. The Morgan fingerprint density at radius 2 is 1.52 bits per heavy atom. The van der Waals surface area contributed by atoms with Crippen LogP contribution in [0, 0.1) is 33.1 Å². The van der Waals surface area contributed by atoms with E-state index in [9.17, 15) is 8.42 Å². The summed E-state index contributed by atoms with van der Waals surface area (Å²) >= 11 is 0. The molecule has 0 bridgehead atoms. The Hall–Kier alpha value is -3.52. The lowest BCUT2D eigenvalue weighted by Crippen LogP contribution is -2.36. The van der Waals surface area contributed by atoms with Crippen molar-refractivity contribution < 1.29 is 17.3 Å². The molecule has 0 fully saturated rings. The standard InChI is InChI=1S/C32H41N3O4S/c1-20-13-14-35-27(17-20)33-28(30(35)34-32(8,9)19-31(5,6)7)24-11-12-25(26(18-24)38-10)39-40(36,37)29-22(3)15-21(2)16-23(29)4/h11-18,34H,19H2,1-10H3. The van der Waals surface area contributed by atoms with E-state index in [-0.39, 0.29) is 21.6 Å². The molecular formula is C32H41N3O4S. The van der Waals surface area contributed by atoms with Crippen LogP contribution in [0.1, 0.15) is 63.3 Å². The van der Waals surface area contributed by atoms with E-state index >= 15 is 0 Å². The van der Waals surface area contributed by atoms with Gasteiger partial charge in [0.25, 0.3) is 0 Å². The zero-order valence-corrected chi connectivity index (χ0v) is 26.1. The van der Waals surface area contributed by atoms with E-state index in [1.54, 1.807) is 26.0 Å². The maximum absolute atomic E-state index is 13.3. The summed E-state index contributed by atoms with van der Waals surface area (Å²) in [5.74, 6) is 1.28. The number of anilines is 1. The molecule has 0 saturated heterocycles. The van der Waals surface area contributed by atoms with E-state index in [2.05, 4.69) is 50.4 Å². The molecule has 7 nitrogen and oxygen atoms in total. The van der Waals surface area contributed by atoms with Crippen molar-refractivity contribution in [1.29, 1.82) is 0 Å². The van der Waals surface area contributed by atoms with Gasteiger partial charge in [-0.3, -0.25) is 4.40 Å². The van der Waals surface area contributed by atoms with Crippen molar-refractivity contribution in [3.8, 4) is 22.8 Å². The minimum atomic E-state index is -4.09. The fourth-order valence-electron chi connectivity index (χ4n) is 5.76. The summed E-state index contributed by atoms with van der Waals surface area (Å²) in [5.41, 5.74) is 5.62. The van der Waals surface area contributed by atoms with E-state index in [1.165, 1.54) is 7.11 Å². The predicted molar refractivity (Wildman–Crippen MR) is 162 cm³/mol. The second-order valence-corrected chi connectivity index (χ2v) is 14.1. The van der Waals surface area contributed by atoms with Gasteiger partial charge >= 0.3 is 10.1 Å². The van der Waals surface area contributed by atoms with Crippen molar-refractivity contribution in [1.82, 2.24) is 9.38 Å². The van der Waals surface area contributed by atoms with Gasteiger partial charge in [-0.05, 0) is 100 Å². The molecule has 40 heavy (non-hydrogen) atoms. The highest BCUT2D eigenvalue weighted by Gasteiger charge is 2.29. The predicted octanol–water partition coefficient (Wildman–Crippen LogP) is 7.64. The number of aromatic nitrogens is 2. The Kier molecular flexibility index (Phi) is 7.71. The molecule has 4 rings (SSSR count). The Morgan fingerprint density at radius 1 is 0.875 bits per heavy atom. The number of benzene rings is 2. The van der Waals surface area contributed by atoms with Crippen LogP contribution >= 0.6 is 0 Å². The molecule has 4 aromatic rings. The first kappa shape index (κ1) is 29.5. The summed E-state index contributed by atoms with van der Waals surface area (Å²) in [6, 6.07) is 13.0. The Labute approximate surface area is 238 Å². The first-order chi connectivity index (χ1) is 18.5. The second-order valence-electron chi connectivity index (χ2n) is 12.6. The van der Waals surface area contributed by atoms with Crippen LogP contribution < -0.4 is 14.2 Å². The van der Waals surface area contributed by atoms with Crippen molar-refractivity contribution in [2.75, 3.05) is 12.4 Å². The first-order valence-electron chi connectivity index (χ1n) is 13.5. The fraction of sp³-hybridized carbons (Fsp3) is 0.406. The van der Waals surface area contributed by atoms with Crippen LogP contribution in [0.3, 0.4) is 0 Å². The number of hydrogen-bond acceptors (Lipinski definition) is 6. The molecule has 2 heterocycles. The zero-order valence-electron chi connectivity index (χ0n) is 25.3. The maximum atomic E-state index is 13.3. The molecule has 0 spiro atoms. The average Bonchev–Trinajstić information content (AvgIpc) is 3.13. The highest BCUT2D eigenvalue weighted by Crippen LogP contribution is 2.39. The number of fused-ring (bicyclic) bond motifs is 1. The molecule has 0 aliphatic heterocycles. The molecule has 0 radical (unpaired) electrons.